The summed E-state index contributed by atoms with van der Waals surface area (Å²) in [5.74, 6) is 0. The quantitative estimate of drug-likeness (QED) is 0.164. The van der Waals surface area contributed by atoms with Gasteiger partial charge < -0.3 is 9.80 Å². The van der Waals surface area contributed by atoms with E-state index in [0.29, 0.717) is 0 Å². The zero-order valence-corrected chi connectivity index (χ0v) is 45.2. The highest BCUT2D eigenvalue weighted by atomic mass is 32.1. The minimum atomic E-state index is -0.138. The van der Waals surface area contributed by atoms with E-state index in [2.05, 4.69) is 256 Å². The first-order valence-corrected chi connectivity index (χ1v) is 25.7. The van der Waals surface area contributed by atoms with Crippen LogP contribution in [0.25, 0.3) is 21.7 Å². The Morgan fingerprint density at radius 1 is 0.382 bits per heavy atom. The highest BCUT2D eigenvalue weighted by molar-refractivity contribution is 7.22. The fourth-order valence-electron chi connectivity index (χ4n) is 9.97. The summed E-state index contributed by atoms with van der Waals surface area (Å²) in [5, 5.41) is 2.22. The van der Waals surface area contributed by atoms with Gasteiger partial charge in [-0.2, -0.15) is 0 Å². The van der Waals surface area contributed by atoms with Crippen LogP contribution in [-0.2, 0) is 32.5 Å². The summed E-state index contributed by atoms with van der Waals surface area (Å²) in [6.07, 6.45) is 0. The van der Waals surface area contributed by atoms with Gasteiger partial charge >= 0.3 is 0 Å². The molecule has 3 nitrogen and oxygen atoms in total. The monoisotopic (exact) mass is 916 g/mol. The van der Waals surface area contributed by atoms with Crippen molar-refractivity contribution in [2.75, 3.05) is 9.80 Å². The molecule has 1 aromatic heterocycles. The van der Waals surface area contributed by atoms with E-state index in [4.69, 9.17) is 4.98 Å². The van der Waals surface area contributed by atoms with E-state index < -0.39 is 0 Å². The molecule has 0 radical (unpaired) electrons. The number of hydrogen-bond acceptors (Lipinski definition) is 4. The number of nitrogens with zero attached hydrogens (tertiary/aromatic N) is 3. The molecule has 0 unspecified atom stereocenters. The average molecular weight is 916 g/mol. The summed E-state index contributed by atoms with van der Waals surface area (Å²) < 4.78 is 0. The van der Waals surface area contributed by atoms with Gasteiger partial charge in [0.2, 0.25) is 0 Å². The number of anilines is 6. The van der Waals surface area contributed by atoms with Crippen molar-refractivity contribution in [1.29, 1.82) is 0 Å². The second-order valence-corrected chi connectivity index (χ2v) is 26.9. The normalized spacial score (nSPS) is 14.2. The van der Waals surface area contributed by atoms with Gasteiger partial charge in [0.15, 0.2) is 0 Å². The third kappa shape index (κ3) is 8.56. The smallest absolute Gasteiger partial charge is 0.276 e. The van der Waals surface area contributed by atoms with Gasteiger partial charge in [-0.25, -0.2) is 4.98 Å². The van der Waals surface area contributed by atoms with E-state index in [1.165, 1.54) is 88.9 Å². The van der Waals surface area contributed by atoms with Crippen LogP contribution in [0.3, 0.4) is 0 Å². The maximum atomic E-state index is 5.87. The molecule has 0 fully saturated rings. The molecule has 3 heterocycles. The van der Waals surface area contributed by atoms with Gasteiger partial charge in [0.1, 0.15) is 10.0 Å². The Balaban J connectivity index is 1.41. The van der Waals surface area contributed by atoms with E-state index in [0.717, 1.165) is 16.2 Å². The third-order valence-electron chi connectivity index (χ3n) is 14.5. The first kappa shape index (κ1) is 47.7. The molecule has 0 saturated heterocycles. The fraction of sp³-hybridized carbons (Fsp3) is 0.381. The fourth-order valence-corrected chi connectivity index (χ4v) is 11.1. The molecule has 0 atom stereocenters. The summed E-state index contributed by atoms with van der Waals surface area (Å²) in [4.78, 5) is 11.0. The summed E-state index contributed by atoms with van der Waals surface area (Å²) in [6, 6.07) is 47.5. The van der Waals surface area contributed by atoms with E-state index in [9.17, 15) is 0 Å². The predicted octanol–water partition coefficient (Wildman–Crippen LogP) is 16.3. The van der Waals surface area contributed by atoms with Gasteiger partial charge in [0, 0.05) is 33.9 Å². The number of hydrogen-bond donors (Lipinski definition) is 0. The first-order valence-electron chi connectivity index (χ1n) is 24.9. The summed E-state index contributed by atoms with van der Waals surface area (Å²) >= 11 is 1.84. The number of aromatic nitrogens is 1. The van der Waals surface area contributed by atoms with Crippen molar-refractivity contribution in [3.63, 3.8) is 0 Å². The van der Waals surface area contributed by atoms with Crippen molar-refractivity contribution in [2.24, 2.45) is 0 Å². The van der Waals surface area contributed by atoms with Crippen LogP contribution >= 0.6 is 11.3 Å². The summed E-state index contributed by atoms with van der Waals surface area (Å²) in [7, 11) is 0. The van der Waals surface area contributed by atoms with Crippen molar-refractivity contribution in [2.45, 2.75) is 157 Å². The molecule has 7 aromatic rings. The average Bonchev–Trinajstić information content (AvgIpc) is 3.69. The maximum absolute atomic E-state index is 5.87. The minimum Gasteiger partial charge on any atom is -0.311 e. The number of rotatable bonds is 4. The zero-order valence-electron chi connectivity index (χ0n) is 44.4. The van der Waals surface area contributed by atoms with Gasteiger partial charge in [-0.15, -0.1) is 0 Å². The van der Waals surface area contributed by atoms with Crippen molar-refractivity contribution in [3.8, 4) is 21.7 Å². The van der Waals surface area contributed by atoms with Crippen molar-refractivity contribution in [3.05, 3.63) is 155 Å². The Morgan fingerprint density at radius 2 is 0.794 bits per heavy atom. The van der Waals surface area contributed by atoms with Crippen molar-refractivity contribution < 1.29 is 0 Å². The molecule has 0 N–H and O–H groups in total. The topological polar surface area (TPSA) is 19.4 Å². The van der Waals surface area contributed by atoms with Crippen LogP contribution in [0.1, 0.15) is 158 Å². The predicted molar refractivity (Wildman–Crippen MR) is 299 cm³/mol. The maximum Gasteiger partial charge on any atom is 0.276 e. The zero-order chi connectivity index (χ0) is 49.3. The Kier molecular flexibility index (Phi) is 11.3. The van der Waals surface area contributed by atoms with Gasteiger partial charge in [-0.1, -0.05) is 215 Å². The third-order valence-corrected chi connectivity index (χ3v) is 15.6. The largest absolute Gasteiger partial charge is 0.311 e. The van der Waals surface area contributed by atoms with Gasteiger partial charge in [-0.05, 0) is 125 Å². The number of fused-ring (bicyclic) bond motifs is 4. The van der Waals surface area contributed by atoms with E-state index >= 15 is 0 Å². The van der Waals surface area contributed by atoms with Crippen LogP contribution in [0, 0.1) is 0 Å². The highest BCUT2D eigenvalue weighted by Gasteiger charge is 2.47. The lowest BCUT2D eigenvalue weighted by Crippen LogP contribution is -2.62. The van der Waals surface area contributed by atoms with E-state index in [-0.39, 0.29) is 39.2 Å². The lowest BCUT2D eigenvalue weighted by atomic mass is 9.35. The van der Waals surface area contributed by atoms with Crippen molar-refractivity contribution >= 4 is 68.0 Å². The molecule has 68 heavy (non-hydrogen) atoms. The van der Waals surface area contributed by atoms with Gasteiger partial charge in [0.05, 0.1) is 11.3 Å². The molecule has 0 amide bonds. The first-order chi connectivity index (χ1) is 31.5. The van der Waals surface area contributed by atoms with Crippen LogP contribution in [-0.4, -0.2) is 11.7 Å². The van der Waals surface area contributed by atoms with Gasteiger partial charge in [-0.3, -0.25) is 0 Å². The Labute approximate surface area is 414 Å². The lowest BCUT2D eigenvalue weighted by Gasteiger charge is -2.44. The molecule has 0 spiro atoms. The molecule has 350 valence electrons. The van der Waals surface area contributed by atoms with Crippen LogP contribution in [0.2, 0.25) is 0 Å². The highest BCUT2D eigenvalue weighted by Crippen LogP contribution is 2.51. The molecule has 0 bridgehead atoms. The molecular formula is C63H74BN3S. The molecule has 0 aliphatic carbocycles. The molecule has 9 rings (SSSR count). The Hall–Kier alpha value is -5.39. The van der Waals surface area contributed by atoms with E-state index in [1.54, 1.807) is 0 Å². The molecule has 0 saturated carbocycles. The van der Waals surface area contributed by atoms with Gasteiger partial charge in [0.25, 0.3) is 6.71 Å². The summed E-state index contributed by atoms with van der Waals surface area (Å²) in [6.45, 7) is 41.6. The van der Waals surface area contributed by atoms with Crippen molar-refractivity contribution in [1.82, 2.24) is 4.98 Å². The Morgan fingerprint density at radius 3 is 1.28 bits per heavy atom. The number of benzene rings is 6. The van der Waals surface area contributed by atoms with Crippen LogP contribution in [0.15, 0.2) is 121 Å². The van der Waals surface area contributed by atoms with Crippen LogP contribution in [0.4, 0.5) is 33.4 Å². The standard InChI is InChI=1S/C63H74BN3S/c1-58(2,3)41-23-19-39(20-24-41)48-35-44(61(10,11)12)29-33-50(48)67-53-38-46(63(16,17)18)37-52-54(53)64(55-57(67)68-56(65-55)40-21-25-42(26-22-40)59(4,5)6)49-36-45(62(13,14)15)30-34-51(49)66(52)47-31-27-43(28-32-47)60(7,8)9/h19-38H,1-18H3. The SMILES string of the molecule is CC(C)(C)c1ccc(-c2nc3c(s2)N(c2ccc(C(C)(C)C)cc2-c2ccc(C(C)(C)C)cc2)c2cc(C(C)(C)C)cc4c2B3c2cc(C(C)(C)C)ccc2N4c2ccc(C(C)(C)C)cc2)cc1. The van der Waals surface area contributed by atoms with Crippen LogP contribution < -0.4 is 26.3 Å². The lowest BCUT2D eigenvalue weighted by molar-refractivity contribution is 0.589. The minimum absolute atomic E-state index is 0.0377. The summed E-state index contributed by atoms with van der Waals surface area (Å²) in [5.41, 5.74) is 21.1. The molecule has 6 aromatic carbocycles. The molecular weight excluding hydrogens is 842 g/mol. The second kappa shape index (κ2) is 16.1. The second-order valence-electron chi connectivity index (χ2n) is 25.9. The Bertz CT molecular complexity index is 3040. The molecule has 2 aliphatic rings. The van der Waals surface area contributed by atoms with Crippen LogP contribution in [0.5, 0.6) is 0 Å². The molecule has 2 aliphatic heterocycles. The molecule has 5 heteroatoms. The van der Waals surface area contributed by atoms with E-state index in [1.807, 2.05) is 11.3 Å². The number of thiazole rings is 1.